The van der Waals surface area contributed by atoms with Crippen molar-refractivity contribution in [3.05, 3.63) is 0 Å². The molecule has 1 aliphatic rings. The SMILES string of the molecule is CCCC(NN)C1CCCC(S(C)(=O)=O)C1. The van der Waals surface area contributed by atoms with Crippen molar-refractivity contribution >= 4 is 9.84 Å². The van der Waals surface area contributed by atoms with Crippen LogP contribution in [0.1, 0.15) is 45.4 Å². The Morgan fingerprint density at radius 3 is 2.62 bits per heavy atom. The molecule has 0 amide bonds. The molecule has 0 aromatic carbocycles. The van der Waals surface area contributed by atoms with Gasteiger partial charge >= 0.3 is 0 Å². The lowest BCUT2D eigenvalue weighted by atomic mass is 9.82. The summed E-state index contributed by atoms with van der Waals surface area (Å²) in [5.74, 6) is 5.96. The largest absolute Gasteiger partial charge is 0.271 e. The number of sulfone groups is 1. The lowest BCUT2D eigenvalue weighted by molar-refractivity contribution is 0.259. The van der Waals surface area contributed by atoms with Crippen LogP contribution >= 0.6 is 0 Å². The molecule has 0 spiro atoms. The highest BCUT2D eigenvalue weighted by molar-refractivity contribution is 7.91. The minimum absolute atomic E-state index is 0.154. The van der Waals surface area contributed by atoms with E-state index in [-0.39, 0.29) is 11.3 Å². The van der Waals surface area contributed by atoms with Crippen molar-refractivity contribution in [3.8, 4) is 0 Å². The normalized spacial score (nSPS) is 28.9. The zero-order chi connectivity index (χ0) is 12.2. The molecule has 0 aromatic rings. The Kier molecular flexibility index (Phi) is 5.21. The molecular weight excluding hydrogens is 224 g/mol. The van der Waals surface area contributed by atoms with E-state index >= 15 is 0 Å². The summed E-state index contributed by atoms with van der Waals surface area (Å²) in [5.41, 5.74) is 2.85. The monoisotopic (exact) mass is 248 g/mol. The van der Waals surface area contributed by atoms with E-state index in [0.29, 0.717) is 5.92 Å². The van der Waals surface area contributed by atoms with E-state index in [9.17, 15) is 8.42 Å². The van der Waals surface area contributed by atoms with Crippen LogP contribution < -0.4 is 11.3 Å². The molecule has 4 nitrogen and oxygen atoms in total. The fourth-order valence-electron chi connectivity index (χ4n) is 2.70. The van der Waals surface area contributed by atoms with E-state index in [4.69, 9.17) is 5.84 Å². The Balaban J connectivity index is 2.62. The Labute approximate surface area is 98.9 Å². The van der Waals surface area contributed by atoms with Gasteiger partial charge in [0.05, 0.1) is 5.25 Å². The van der Waals surface area contributed by atoms with Crippen LogP contribution in [0, 0.1) is 5.92 Å². The molecule has 3 unspecified atom stereocenters. The van der Waals surface area contributed by atoms with Gasteiger partial charge < -0.3 is 0 Å². The highest BCUT2D eigenvalue weighted by Crippen LogP contribution is 2.31. The predicted molar refractivity (Wildman–Crippen MR) is 66.6 cm³/mol. The minimum Gasteiger partial charge on any atom is -0.271 e. The molecule has 0 heterocycles. The van der Waals surface area contributed by atoms with Crippen LogP contribution in [0.15, 0.2) is 0 Å². The molecule has 0 saturated heterocycles. The molecule has 0 aromatic heterocycles. The van der Waals surface area contributed by atoms with Gasteiger partial charge in [0, 0.05) is 12.3 Å². The number of hydrogen-bond donors (Lipinski definition) is 2. The van der Waals surface area contributed by atoms with Gasteiger partial charge in [0.15, 0.2) is 0 Å². The average Bonchev–Trinajstić information content (AvgIpc) is 2.25. The fourth-order valence-corrected chi connectivity index (χ4v) is 3.89. The molecule has 1 rings (SSSR count). The molecule has 0 aliphatic heterocycles. The first-order chi connectivity index (χ1) is 7.49. The summed E-state index contributed by atoms with van der Waals surface area (Å²) in [6, 6.07) is 0.273. The Bertz CT molecular complexity index is 303. The molecule has 1 saturated carbocycles. The van der Waals surface area contributed by atoms with Crippen molar-refractivity contribution in [1.29, 1.82) is 0 Å². The second-order valence-electron chi connectivity index (χ2n) is 4.94. The lowest BCUT2D eigenvalue weighted by Gasteiger charge is -2.33. The summed E-state index contributed by atoms with van der Waals surface area (Å²) in [6.07, 6.45) is 7.15. The predicted octanol–water partition coefficient (Wildman–Crippen LogP) is 1.22. The van der Waals surface area contributed by atoms with E-state index < -0.39 is 9.84 Å². The zero-order valence-electron chi connectivity index (χ0n) is 10.3. The topological polar surface area (TPSA) is 72.2 Å². The zero-order valence-corrected chi connectivity index (χ0v) is 11.1. The molecule has 5 heteroatoms. The third-order valence-corrected chi connectivity index (χ3v) is 5.29. The van der Waals surface area contributed by atoms with Crippen LogP contribution in [-0.4, -0.2) is 26.0 Å². The molecule has 0 bridgehead atoms. The van der Waals surface area contributed by atoms with Gasteiger partial charge in [-0.15, -0.1) is 0 Å². The van der Waals surface area contributed by atoms with Gasteiger partial charge in [-0.3, -0.25) is 11.3 Å². The summed E-state index contributed by atoms with van der Waals surface area (Å²) in [6.45, 7) is 2.13. The van der Waals surface area contributed by atoms with Gasteiger partial charge in [-0.05, 0) is 31.6 Å². The van der Waals surface area contributed by atoms with E-state index in [1.54, 1.807) is 0 Å². The number of nitrogens with one attached hydrogen (secondary N) is 1. The van der Waals surface area contributed by atoms with E-state index in [1.807, 2.05) is 0 Å². The first-order valence-corrected chi connectivity index (χ1v) is 8.09. The summed E-state index contributed by atoms with van der Waals surface area (Å²) in [5, 5.41) is -0.154. The van der Waals surface area contributed by atoms with E-state index in [2.05, 4.69) is 12.3 Å². The van der Waals surface area contributed by atoms with Crippen LogP contribution in [0.5, 0.6) is 0 Å². The smallest absolute Gasteiger partial charge is 0.150 e. The van der Waals surface area contributed by atoms with Crippen molar-refractivity contribution in [1.82, 2.24) is 5.43 Å². The minimum atomic E-state index is -2.88. The first kappa shape index (κ1) is 13.9. The molecule has 96 valence electrons. The molecule has 3 atom stereocenters. The summed E-state index contributed by atoms with van der Waals surface area (Å²) in [4.78, 5) is 0. The first-order valence-electron chi connectivity index (χ1n) is 6.14. The Morgan fingerprint density at radius 1 is 1.44 bits per heavy atom. The molecule has 1 aliphatic carbocycles. The van der Waals surface area contributed by atoms with Crippen LogP contribution in [0.25, 0.3) is 0 Å². The maximum Gasteiger partial charge on any atom is 0.150 e. The highest BCUT2D eigenvalue weighted by atomic mass is 32.2. The second kappa shape index (κ2) is 5.98. The maximum absolute atomic E-state index is 11.5. The van der Waals surface area contributed by atoms with Crippen molar-refractivity contribution in [2.24, 2.45) is 11.8 Å². The second-order valence-corrected chi connectivity index (χ2v) is 7.27. The molecule has 16 heavy (non-hydrogen) atoms. The quantitative estimate of drug-likeness (QED) is 0.567. The number of hydrazine groups is 1. The number of nitrogens with two attached hydrogens (primary N) is 1. The third-order valence-electron chi connectivity index (χ3n) is 3.65. The standard InChI is InChI=1S/C11H24N2O2S/c1-3-5-11(13-12)9-6-4-7-10(8-9)16(2,14)15/h9-11,13H,3-8,12H2,1-2H3. The van der Waals surface area contributed by atoms with Crippen molar-refractivity contribution in [2.75, 3.05) is 6.26 Å². The van der Waals surface area contributed by atoms with Crippen LogP contribution in [0.3, 0.4) is 0 Å². The van der Waals surface area contributed by atoms with Crippen LogP contribution in [0.4, 0.5) is 0 Å². The Hall–Kier alpha value is -0.130. The van der Waals surface area contributed by atoms with Gasteiger partial charge in [0.2, 0.25) is 0 Å². The lowest BCUT2D eigenvalue weighted by Crippen LogP contribution is -2.44. The van der Waals surface area contributed by atoms with Gasteiger partial charge in [-0.2, -0.15) is 0 Å². The summed E-state index contributed by atoms with van der Waals surface area (Å²) < 4.78 is 23.1. The van der Waals surface area contributed by atoms with Crippen molar-refractivity contribution in [3.63, 3.8) is 0 Å². The van der Waals surface area contributed by atoms with Gasteiger partial charge in [-0.1, -0.05) is 19.8 Å². The van der Waals surface area contributed by atoms with Crippen molar-refractivity contribution in [2.45, 2.75) is 56.7 Å². The van der Waals surface area contributed by atoms with E-state index in [0.717, 1.165) is 38.5 Å². The molecule has 3 N–H and O–H groups in total. The third kappa shape index (κ3) is 3.71. The molecular formula is C11H24N2O2S. The van der Waals surface area contributed by atoms with Gasteiger partial charge in [-0.25, -0.2) is 8.42 Å². The van der Waals surface area contributed by atoms with Crippen molar-refractivity contribution < 1.29 is 8.42 Å². The Morgan fingerprint density at radius 2 is 2.12 bits per heavy atom. The summed E-state index contributed by atoms with van der Waals surface area (Å²) in [7, 11) is -2.88. The van der Waals surface area contributed by atoms with E-state index in [1.165, 1.54) is 6.26 Å². The van der Waals surface area contributed by atoms with Gasteiger partial charge in [0.25, 0.3) is 0 Å². The summed E-state index contributed by atoms with van der Waals surface area (Å²) >= 11 is 0. The fraction of sp³-hybridized carbons (Fsp3) is 1.00. The van der Waals surface area contributed by atoms with Crippen LogP contribution in [0.2, 0.25) is 0 Å². The van der Waals surface area contributed by atoms with Crippen LogP contribution in [-0.2, 0) is 9.84 Å². The molecule has 0 radical (unpaired) electrons. The number of hydrogen-bond acceptors (Lipinski definition) is 4. The molecule has 1 fully saturated rings. The maximum atomic E-state index is 11.5. The average molecular weight is 248 g/mol. The number of rotatable bonds is 5. The highest BCUT2D eigenvalue weighted by Gasteiger charge is 2.32. The van der Waals surface area contributed by atoms with Gasteiger partial charge in [0.1, 0.15) is 9.84 Å².